The van der Waals surface area contributed by atoms with Crippen LogP contribution in [0.25, 0.3) is 16.8 Å². The first kappa shape index (κ1) is 19.4. The predicted molar refractivity (Wildman–Crippen MR) is 116 cm³/mol. The Hall–Kier alpha value is -3.93. The van der Waals surface area contributed by atoms with Crippen molar-refractivity contribution in [3.05, 3.63) is 96.2 Å². The lowest BCUT2D eigenvalue weighted by Gasteiger charge is -2.15. The van der Waals surface area contributed by atoms with Crippen LogP contribution in [0.3, 0.4) is 0 Å². The Morgan fingerprint density at radius 2 is 1.50 bits per heavy atom. The van der Waals surface area contributed by atoms with Gasteiger partial charge in [-0.2, -0.15) is 4.68 Å². The van der Waals surface area contributed by atoms with E-state index in [0.29, 0.717) is 11.5 Å². The second-order valence-electron chi connectivity index (χ2n) is 6.93. The number of hydrogen-bond acceptors (Lipinski definition) is 4. The first-order chi connectivity index (χ1) is 14.6. The number of nitrogens with zero attached hydrogens (tertiary/aromatic N) is 3. The van der Waals surface area contributed by atoms with Crippen LogP contribution in [0.15, 0.2) is 84.9 Å². The summed E-state index contributed by atoms with van der Waals surface area (Å²) in [6.07, 6.45) is -0.931. The molecule has 1 heterocycles. The van der Waals surface area contributed by atoms with E-state index in [2.05, 4.69) is 27.8 Å². The van der Waals surface area contributed by atoms with Gasteiger partial charge in [-0.3, -0.25) is 5.32 Å². The van der Waals surface area contributed by atoms with Crippen molar-refractivity contribution < 1.29 is 9.53 Å². The summed E-state index contributed by atoms with van der Waals surface area (Å²) in [4.78, 5) is 12.5. The van der Waals surface area contributed by atoms with E-state index in [9.17, 15) is 4.79 Å². The fourth-order valence-corrected chi connectivity index (χ4v) is 3.19. The third kappa shape index (κ3) is 4.22. The summed E-state index contributed by atoms with van der Waals surface area (Å²) in [5.41, 5.74) is 4.55. The summed E-state index contributed by atoms with van der Waals surface area (Å²) >= 11 is 0. The highest BCUT2D eigenvalue weighted by molar-refractivity contribution is 5.84. The van der Waals surface area contributed by atoms with Crippen LogP contribution >= 0.6 is 0 Å². The maximum atomic E-state index is 12.5. The zero-order chi connectivity index (χ0) is 20.9. The molecule has 1 amide bonds. The topological polar surface area (TPSA) is 69.0 Å². The largest absolute Gasteiger partial charge is 0.441 e. The molecule has 3 aromatic carbocycles. The molecule has 1 atom stereocenters. The number of carbonyl (C=O) groups excluding carboxylic acids is 1. The molecule has 4 aromatic rings. The third-order valence-corrected chi connectivity index (χ3v) is 4.83. The van der Waals surface area contributed by atoms with Gasteiger partial charge in [0.15, 0.2) is 5.82 Å². The SMILES string of the molecule is Cc1nnn(-c2ccc(-c3ccccc3)cc2)c1NC(=O)OC(C)c1ccccc1. The quantitative estimate of drug-likeness (QED) is 0.478. The van der Waals surface area contributed by atoms with Crippen LogP contribution in [0, 0.1) is 6.92 Å². The van der Waals surface area contributed by atoms with Crippen molar-refractivity contribution in [3.63, 3.8) is 0 Å². The lowest BCUT2D eigenvalue weighted by Crippen LogP contribution is -2.18. The zero-order valence-electron chi connectivity index (χ0n) is 16.8. The second-order valence-corrected chi connectivity index (χ2v) is 6.93. The molecular formula is C24H22N4O2. The van der Waals surface area contributed by atoms with Gasteiger partial charge in [-0.1, -0.05) is 78.0 Å². The van der Waals surface area contributed by atoms with Gasteiger partial charge < -0.3 is 4.74 Å². The molecule has 0 spiro atoms. The van der Waals surface area contributed by atoms with Crippen molar-refractivity contribution in [2.75, 3.05) is 5.32 Å². The maximum Gasteiger partial charge on any atom is 0.413 e. The van der Waals surface area contributed by atoms with Gasteiger partial charge in [0.1, 0.15) is 11.8 Å². The standard InChI is InChI=1S/C24H22N4O2/c1-17-23(25-24(29)30-18(2)19-9-5-3-6-10-19)28(27-26-17)22-15-13-21(14-16-22)20-11-7-4-8-12-20/h3-16,18H,1-2H3,(H,25,29). The molecule has 0 aliphatic heterocycles. The summed E-state index contributed by atoms with van der Waals surface area (Å²) in [6.45, 7) is 3.62. The van der Waals surface area contributed by atoms with Gasteiger partial charge >= 0.3 is 6.09 Å². The van der Waals surface area contributed by atoms with E-state index in [1.54, 1.807) is 11.6 Å². The lowest BCUT2D eigenvalue weighted by molar-refractivity contribution is 0.121. The summed E-state index contributed by atoms with van der Waals surface area (Å²) in [5.74, 6) is 0.479. The Labute approximate surface area is 175 Å². The average molecular weight is 398 g/mol. The Bertz CT molecular complexity index is 1120. The molecule has 0 aliphatic rings. The van der Waals surface area contributed by atoms with Crippen LogP contribution in [0.4, 0.5) is 10.6 Å². The number of anilines is 1. The van der Waals surface area contributed by atoms with E-state index < -0.39 is 6.09 Å². The zero-order valence-corrected chi connectivity index (χ0v) is 16.8. The highest BCUT2D eigenvalue weighted by atomic mass is 16.6. The van der Waals surface area contributed by atoms with Gasteiger partial charge in [0, 0.05) is 0 Å². The van der Waals surface area contributed by atoms with Crippen LogP contribution in [-0.2, 0) is 4.74 Å². The minimum atomic E-state index is -0.557. The van der Waals surface area contributed by atoms with Gasteiger partial charge in [-0.05, 0) is 42.7 Å². The highest BCUT2D eigenvalue weighted by Crippen LogP contribution is 2.24. The molecular weight excluding hydrogens is 376 g/mol. The Kier molecular flexibility index (Phi) is 5.57. The number of aryl methyl sites for hydroxylation is 1. The molecule has 0 fully saturated rings. The number of benzene rings is 3. The van der Waals surface area contributed by atoms with Gasteiger partial charge in [0.05, 0.1) is 5.69 Å². The average Bonchev–Trinajstić information content (AvgIpc) is 3.15. The molecule has 1 unspecified atom stereocenters. The summed E-state index contributed by atoms with van der Waals surface area (Å²) in [7, 11) is 0. The number of rotatable bonds is 5. The summed E-state index contributed by atoms with van der Waals surface area (Å²) in [6, 6.07) is 27.6. The maximum absolute atomic E-state index is 12.5. The normalized spacial score (nSPS) is 11.7. The van der Waals surface area contributed by atoms with Gasteiger partial charge in [0.2, 0.25) is 0 Å². The van der Waals surface area contributed by atoms with Crippen molar-refractivity contribution in [1.29, 1.82) is 0 Å². The first-order valence-electron chi connectivity index (χ1n) is 9.72. The molecule has 6 heteroatoms. The molecule has 6 nitrogen and oxygen atoms in total. The molecule has 1 aromatic heterocycles. The first-order valence-corrected chi connectivity index (χ1v) is 9.72. The number of ether oxygens (including phenoxy) is 1. The fourth-order valence-electron chi connectivity index (χ4n) is 3.19. The Balaban J connectivity index is 1.51. The predicted octanol–water partition coefficient (Wildman–Crippen LogP) is 5.55. The number of nitrogens with one attached hydrogen (secondary N) is 1. The van der Waals surface area contributed by atoms with Crippen molar-refractivity contribution in [2.45, 2.75) is 20.0 Å². The van der Waals surface area contributed by atoms with Crippen molar-refractivity contribution >= 4 is 11.9 Å². The number of hydrogen-bond donors (Lipinski definition) is 1. The third-order valence-electron chi connectivity index (χ3n) is 4.83. The minimum Gasteiger partial charge on any atom is -0.441 e. The molecule has 4 rings (SSSR count). The van der Waals surface area contributed by atoms with Gasteiger partial charge in [0.25, 0.3) is 0 Å². The van der Waals surface area contributed by atoms with Crippen LogP contribution in [0.1, 0.15) is 24.3 Å². The van der Waals surface area contributed by atoms with E-state index in [-0.39, 0.29) is 6.10 Å². The molecule has 0 saturated carbocycles. The number of aromatic nitrogens is 3. The summed E-state index contributed by atoms with van der Waals surface area (Å²) in [5, 5.41) is 11.1. The van der Waals surface area contributed by atoms with E-state index in [1.165, 1.54) is 0 Å². The molecule has 30 heavy (non-hydrogen) atoms. The monoisotopic (exact) mass is 398 g/mol. The molecule has 0 radical (unpaired) electrons. The van der Waals surface area contributed by atoms with Crippen molar-refractivity contribution in [1.82, 2.24) is 15.0 Å². The van der Waals surface area contributed by atoms with E-state index in [4.69, 9.17) is 4.74 Å². The highest BCUT2D eigenvalue weighted by Gasteiger charge is 2.17. The number of carbonyl (C=O) groups is 1. The molecule has 0 bridgehead atoms. The molecule has 0 aliphatic carbocycles. The van der Waals surface area contributed by atoms with E-state index >= 15 is 0 Å². The second kappa shape index (κ2) is 8.61. The molecule has 150 valence electrons. The van der Waals surface area contributed by atoms with Crippen LogP contribution < -0.4 is 5.32 Å². The van der Waals surface area contributed by atoms with E-state index in [1.807, 2.05) is 79.7 Å². The number of amides is 1. The Morgan fingerprint density at radius 3 is 2.17 bits per heavy atom. The van der Waals surface area contributed by atoms with Crippen LogP contribution in [0.2, 0.25) is 0 Å². The van der Waals surface area contributed by atoms with Crippen molar-refractivity contribution in [2.24, 2.45) is 0 Å². The lowest BCUT2D eigenvalue weighted by atomic mass is 10.1. The van der Waals surface area contributed by atoms with Crippen LogP contribution in [-0.4, -0.2) is 21.1 Å². The van der Waals surface area contributed by atoms with Crippen LogP contribution in [0.5, 0.6) is 0 Å². The van der Waals surface area contributed by atoms with Gasteiger partial charge in [-0.15, -0.1) is 5.10 Å². The smallest absolute Gasteiger partial charge is 0.413 e. The Morgan fingerprint density at radius 1 is 0.900 bits per heavy atom. The molecule has 0 saturated heterocycles. The molecule has 1 N–H and O–H groups in total. The van der Waals surface area contributed by atoms with E-state index in [0.717, 1.165) is 22.4 Å². The van der Waals surface area contributed by atoms with Crippen molar-refractivity contribution in [3.8, 4) is 16.8 Å². The summed E-state index contributed by atoms with van der Waals surface area (Å²) < 4.78 is 7.11. The fraction of sp³-hybridized carbons (Fsp3) is 0.125. The van der Waals surface area contributed by atoms with Gasteiger partial charge in [-0.25, -0.2) is 4.79 Å². The minimum absolute atomic E-state index is 0.374.